The molecule has 6 heteroatoms. The van der Waals surface area contributed by atoms with Crippen LogP contribution < -0.4 is 10.6 Å². The highest BCUT2D eigenvalue weighted by Crippen LogP contribution is 2.34. The molecule has 1 amide bonds. The summed E-state index contributed by atoms with van der Waals surface area (Å²) in [5.74, 6) is 0.414. The average Bonchev–Trinajstić information content (AvgIpc) is 3.19. The van der Waals surface area contributed by atoms with Crippen molar-refractivity contribution in [2.75, 3.05) is 24.5 Å². The fourth-order valence-electron chi connectivity index (χ4n) is 4.08. The van der Waals surface area contributed by atoms with E-state index < -0.39 is 0 Å². The van der Waals surface area contributed by atoms with Crippen LogP contribution in [0.25, 0.3) is 0 Å². The Labute approximate surface area is 165 Å². The Hall–Kier alpha value is -1.59. The summed E-state index contributed by atoms with van der Waals surface area (Å²) in [7, 11) is 0. The zero-order valence-corrected chi connectivity index (χ0v) is 16.0. The van der Waals surface area contributed by atoms with E-state index in [4.69, 9.17) is 17.3 Å². The summed E-state index contributed by atoms with van der Waals surface area (Å²) in [6.07, 6.45) is 0.818. The maximum absolute atomic E-state index is 13.0. The van der Waals surface area contributed by atoms with Gasteiger partial charge in [-0.1, -0.05) is 54.1 Å². The Morgan fingerprint density at radius 3 is 2.42 bits per heavy atom. The molecule has 2 fully saturated rings. The van der Waals surface area contributed by atoms with Crippen LogP contribution in [0.1, 0.15) is 17.9 Å². The van der Waals surface area contributed by atoms with Crippen LogP contribution in [0.2, 0.25) is 5.02 Å². The second-order valence-electron chi connectivity index (χ2n) is 6.88. The lowest BCUT2D eigenvalue weighted by Crippen LogP contribution is -2.41. The normalized spacial score (nSPS) is 26.2. The Bertz CT molecular complexity index is 771. The molecule has 2 N–H and O–H groups in total. The summed E-state index contributed by atoms with van der Waals surface area (Å²) in [6, 6.07) is 17.9. The number of carbonyl (C=O) groups is 1. The average molecular weight is 392 g/mol. The summed E-state index contributed by atoms with van der Waals surface area (Å²) >= 11 is 6.28. The van der Waals surface area contributed by atoms with E-state index in [1.807, 2.05) is 47.4 Å². The number of carbonyl (C=O) groups excluding carboxylic acids is 1. The van der Waals surface area contributed by atoms with Crippen molar-refractivity contribution in [3.05, 3.63) is 65.2 Å². The Kier molecular flexibility index (Phi) is 5.88. The van der Waals surface area contributed by atoms with Crippen molar-refractivity contribution in [3.8, 4) is 0 Å². The molecule has 2 heterocycles. The first kappa shape index (κ1) is 19.2. The zero-order valence-electron chi connectivity index (χ0n) is 14.4. The third kappa shape index (κ3) is 3.47. The highest BCUT2D eigenvalue weighted by Gasteiger charge is 2.42. The molecule has 2 saturated heterocycles. The maximum atomic E-state index is 13.0. The van der Waals surface area contributed by atoms with Crippen LogP contribution in [0.5, 0.6) is 0 Å². The predicted molar refractivity (Wildman–Crippen MR) is 108 cm³/mol. The monoisotopic (exact) mass is 391 g/mol. The van der Waals surface area contributed by atoms with E-state index in [1.165, 1.54) is 5.56 Å². The number of hydrogen-bond donors (Lipinski definition) is 1. The highest BCUT2D eigenvalue weighted by molar-refractivity contribution is 6.33. The SMILES string of the molecule is Cl.N[C@@H]1CN(C2CCN(c3ccccc3Cl)C2=O)C[C@H]1c1ccccc1. The van der Waals surface area contributed by atoms with Crippen molar-refractivity contribution in [2.24, 2.45) is 5.73 Å². The topological polar surface area (TPSA) is 49.6 Å². The molecular weight excluding hydrogens is 369 g/mol. The van der Waals surface area contributed by atoms with E-state index in [9.17, 15) is 4.79 Å². The van der Waals surface area contributed by atoms with Gasteiger partial charge in [-0.2, -0.15) is 0 Å². The predicted octanol–water partition coefficient (Wildman–Crippen LogP) is 3.29. The van der Waals surface area contributed by atoms with Crippen molar-refractivity contribution in [3.63, 3.8) is 0 Å². The molecule has 2 aromatic carbocycles. The zero-order chi connectivity index (χ0) is 17.4. The van der Waals surface area contributed by atoms with Gasteiger partial charge >= 0.3 is 0 Å². The van der Waals surface area contributed by atoms with E-state index in [0.29, 0.717) is 11.6 Å². The number of likely N-dealkylation sites (tertiary alicyclic amines) is 1. The van der Waals surface area contributed by atoms with Gasteiger partial charge in [0, 0.05) is 31.6 Å². The molecule has 3 atom stereocenters. The van der Waals surface area contributed by atoms with Crippen LogP contribution in [0, 0.1) is 0 Å². The van der Waals surface area contributed by atoms with Crippen molar-refractivity contribution < 1.29 is 4.79 Å². The Balaban J connectivity index is 0.00000196. The molecule has 2 aliphatic heterocycles. The molecule has 4 rings (SSSR count). The largest absolute Gasteiger partial charge is 0.326 e. The van der Waals surface area contributed by atoms with Crippen molar-refractivity contribution in [1.29, 1.82) is 0 Å². The fraction of sp³-hybridized carbons (Fsp3) is 0.350. The minimum atomic E-state index is -0.101. The van der Waals surface area contributed by atoms with Crippen LogP contribution >= 0.6 is 24.0 Å². The fourth-order valence-corrected chi connectivity index (χ4v) is 4.32. The number of benzene rings is 2. The Morgan fingerprint density at radius 2 is 1.69 bits per heavy atom. The summed E-state index contributed by atoms with van der Waals surface area (Å²) in [5.41, 5.74) is 8.46. The number of amides is 1. The smallest absolute Gasteiger partial charge is 0.244 e. The molecule has 2 aliphatic rings. The van der Waals surface area contributed by atoms with Gasteiger partial charge in [-0.15, -0.1) is 12.4 Å². The summed E-state index contributed by atoms with van der Waals surface area (Å²) < 4.78 is 0. The molecule has 0 saturated carbocycles. The van der Waals surface area contributed by atoms with Gasteiger partial charge in [-0.05, 0) is 24.1 Å². The van der Waals surface area contributed by atoms with Crippen LogP contribution in [-0.2, 0) is 4.79 Å². The van der Waals surface area contributed by atoms with Gasteiger partial charge in [0.25, 0.3) is 0 Å². The van der Waals surface area contributed by atoms with Gasteiger partial charge in [0.1, 0.15) is 0 Å². The summed E-state index contributed by atoms with van der Waals surface area (Å²) in [6.45, 7) is 2.29. The van der Waals surface area contributed by atoms with Crippen LogP contribution in [0.15, 0.2) is 54.6 Å². The molecule has 0 radical (unpaired) electrons. The molecule has 0 aromatic heterocycles. The molecule has 0 aliphatic carbocycles. The van der Waals surface area contributed by atoms with Gasteiger partial charge in [-0.3, -0.25) is 9.69 Å². The number of hydrogen-bond acceptors (Lipinski definition) is 3. The number of nitrogens with two attached hydrogens (primary N) is 1. The summed E-state index contributed by atoms with van der Waals surface area (Å²) in [5, 5.41) is 0.622. The van der Waals surface area contributed by atoms with Crippen molar-refractivity contribution >= 4 is 35.6 Å². The number of nitrogens with zero attached hydrogens (tertiary/aromatic N) is 2. The summed E-state index contributed by atoms with van der Waals surface area (Å²) in [4.78, 5) is 17.0. The first-order valence-electron chi connectivity index (χ1n) is 8.75. The van der Waals surface area contributed by atoms with Gasteiger partial charge in [0.15, 0.2) is 0 Å². The number of anilines is 1. The van der Waals surface area contributed by atoms with Crippen molar-refractivity contribution in [1.82, 2.24) is 4.90 Å². The number of para-hydroxylation sites is 1. The molecule has 0 spiro atoms. The lowest BCUT2D eigenvalue weighted by Gasteiger charge is -2.23. The molecule has 2 aromatic rings. The molecule has 0 bridgehead atoms. The van der Waals surface area contributed by atoms with Gasteiger partial charge in [0.05, 0.1) is 16.8 Å². The lowest BCUT2D eigenvalue weighted by atomic mass is 9.95. The highest BCUT2D eigenvalue weighted by atomic mass is 35.5. The molecule has 1 unspecified atom stereocenters. The quantitative estimate of drug-likeness (QED) is 0.872. The number of halogens is 2. The van der Waals surface area contributed by atoms with E-state index >= 15 is 0 Å². The van der Waals surface area contributed by atoms with Gasteiger partial charge in [0.2, 0.25) is 5.91 Å². The van der Waals surface area contributed by atoms with Crippen molar-refractivity contribution in [2.45, 2.75) is 24.4 Å². The van der Waals surface area contributed by atoms with E-state index in [2.05, 4.69) is 17.0 Å². The number of rotatable bonds is 3. The first-order chi connectivity index (χ1) is 12.1. The van der Waals surface area contributed by atoms with Crippen LogP contribution in [0.4, 0.5) is 5.69 Å². The second-order valence-corrected chi connectivity index (χ2v) is 7.29. The van der Waals surface area contributed by atoms with E-state index in [0.717, 1.165) is 25.2 Å². The van der Waals surface area contributed by atoms with Gasteiger partial charge < -0.3 is 10.6 Å². The minimum Gasteiger partial charge on any atom is -0.326 e. The molecule has 4 nitrogen and oxygen atoms in total. The second kappa shape index (κ2) is 7.97. The molecule has 26 heavy (non-hydrogen) atoms. The standard InChI is InChI=1S/C20H22ClN3O.ClH/c21-16-8-4-5-9-18(16)24-11-10-19(20(24)25)23-12-15(17(22)13-23)14-6-2-1-3-7-14;/h1-9,15,17,19H,10-13,22H2;1H/t15-,17+,19?;/m0./s1. The Morgan fingerprint density at radius 1 is 1.00 bits per heavy atom. The minimum absolute atomic E-state index is 0. The van der Waals surface area contributed by atoms with Crippen LogP contribution in [0.3, 0.4) is 0 Å². The van der Waals surface area contributed by atoms with Crippen LogP contribution in [-0.4, -0.2) is 42.5 Å². The van der Waals surface area contributed by atoms with Gasteiger partial charge in [-0.25, -0.2) is 0 Å². The third-order valence-electron chi connectivity index (χ3n) is 5.38. The third-order valence-corrected chi connectivity index (χ3v) is 5.70. The first-order valence-corrected chi connectivity index (χ1v) is 9.13. The lowest BCUT2D eigenvalue weighted by molar-refractivity contribution is -0.121. The molecule has 138 valence electrons. The van der Waals surface area contributed by atoms with E-state index in [1.54, 1.807) is 0 Å². The maximum Gasteiger partial charge on any atom is 0.244 e. The van der Waals surface area contributed by atoms with E-state index in [-0.39, 0.29) is 36.3 Å². The molecular formula is C20H23Cl2N3O.